The second-order valence-corrected chi connectivity index (χ2v) is 8.75. The van der Waals surface area contributed by atoms with Crippen molar-refractivity contribution >= 4 is 39.1 Å². The lowest BCUT2D eigenvalue weighted by Crippen LogP contribution is -2.44. The third kappa shape index (κ3) is 4.47. The molecule has 160 valence electrons. The molecule has 1 aliphatic heterocycles. The molecule has 31 heavy (non-hydrogen) atoms. The van der Waals surface area contributed by atoms with Crippen molar-refractivity contribution in [3.8, 4) is 11.8 Å². The lowest BCUT2D eigenvalue weighted by atomic mass is 10.2. The minimum atomic E-state index is 0.326. The fourth-order valence-electron chi connectivity index (χ4n) is 3.69. The molecule has 5 rings (SSSR count). The van der Waals surface area contributed by atoms with E-state index in [-0.39, 0.29) is 0 Å². The van der Waals surface area contributed by atoms with Crippen LogP contribution in [0, 0.1) is 13.8 Å². The lowest BCUT2D eigenvalue weighted by molar-refractivity contribution is 0.311. The number of rotatable bonds is 5. The smallest absolute Gasteiger partial charge is 0.325 e. The van der Waals surface area contributed by atoms with Crippen molar-refractivity contribution in [1.29, 1.82) is 0 Å². The van der Waals surface area contributed by atoms with Gasteiger partial charge in [-0.25, -0.2) is 0 Å². The van der Waals surface area contributed by atoms with Crippen LogP contribution < -0.4 is 15.0 Å². The average molecular weight is 436 g/mol. The Balaban J connectivity index is 1.46. The van der Waals surface area contributed by atoms with Crippen molar-refractivity contribution in [2.45, 2.75) is 13.8 Å². The van der Waals surface area contributed by atoms with Gasteiger partial charge in [0.25, 0.3) is 0 Å². The number of benzene rings is 1. The Hall–Kier alpha value is -3.17. The van der Waals surface area contributed by atoms with Crippen LogP contribution in [0.4, 0.5) is 16.6 Å². The molecule has 1 saturated heterocycles. The Labute approximate surface area is 185 Å². The van der Waals surface area contributed by atoms with Gasteiger partial charge in [-0.05, 0) is 62.8 Å². The fourth-order valence-corrected chi connectivity index (χ4v) is 4.36. The molecule has 2 N–H and O–H groups in total. The van der Waals surface area contributed by atoms with Crippen LogP contribution in [-0.2, 0) is 0 Å². The molecule has 0 spiro atoms. The molecule has 1 aliphatic rings. The molecule has 8 nitrogen and oxygen atoms in total. The van der Waals surface area contributed by atoms with Crippen LogP contribution in [0.25, 0.3) is 10.9 Å². The van der Waals surface area contributed by atoms with Gasteiger partial charge in [0, 0.05) is 48.8 Å². The first-order valence-corrected chi connectivity index (χ1v) is 11.1. The first kappa shape index (κ1) is 19.8. The zero-order valence-electron chi connectivity index (χ0n) is 17.8. The number of nitrogens with zero attached hydrogens (tertiary/aromatic N) is 5. The fraction of sp³-hybridized carbons (Fsp3) is 0.318. The molecule has 0 saturated carbocycles. The van der Waals surface area contributed by atoms with Crippen LogP contribution in [0.2, 0.25) is 0 Å². The summed E-state index contributed by atoms with van der Waals surface area (Å²) in [4.78, 5) is 17.3. The van der Waals surface area contributed by atoms with Gasteiger partial charge in [-0.1, -0.05) is 0 Å². The number of hydrogen-bond acceptors (Lipinski definition) is 8. The minimum absolute atomic E-state index is 0.326. The summed E-state index contributed by atoms with van der Waals surface area (Å²) >= 11 is 1.41. The van der Waals surface area contributed by atoms with Crippen molar-refractivity contribution in [1.82, 2.24) is 24.2 Å². The predicted octanol–water partition coefficient (Wildman–Crippen LogP) is 4.32. The van der Waals surface area contributed by atoms with Crippen LogP contribution in [-0.4, -0.2) is 57.5 Å². The maximum absolute atomic E-state index is 6.11. The molecular formula is C22H25N7OS. The molecule has 9 heteroatoms. The average Bonchev–Trinajstić information content (AvgIpc) is 3.32. The predicted molar refractivity (Wildman–Crippen MR) is 125 cm³/mol. The summed E-state index contributed by atoms with van der Waals surface area (Å²) in [6.45, 7) is 7.86. The maximum Gasteiger partial charge on any atom is 0.325 e. The molecule has 0 unspecified atom stereocenters. The molecule has 4 aromatic rings. The number of aromatic amines is 1. The van der Waals surface area contributed by atoms with Gasteiger partial charge in [0.15, 0.2) is 0 Å². The van der Waals surface area contributed by atoms with Crippen LogP contribution in [0.3, 0.4) is 0 Å². The number of fused-ring (bicyclic) bond motifs is 1. The molecular weight excluding hydrogens is 410 g/mol. The Morgan fingerprint density at radius 1 is 1.03 bits per heavy atom. The topological polar surface area (TPSA) is 82.2 Å². The van der Waals surface area contributed by atoms with Crippen LogP contribution in [0.15, 0.2) is 36.4 Å². The van der Waals surface area contributed by atoms with Crippen molar-refractivity contribution in [3.63, 3.8) is 0 Å². The number of nitrogens with one attached hydrogen (secondary N) is 2. The molecule has 1 fully saturated rings. The molecule has 0 atom stereocenters. The van der Waals surface area contributed by atoms with E-state index in [2.05, 4.69) is 42.6 Å². The van der Waals surface area contributed by atoms with Gasteiger partial charge in [0.05, 0.1) is 5.69 Å². The monoisotopic (exact) mass is 435 g/mol. The minimum Gasteiger partial charge on any atom is -0.424 e. The summed E-state index contributed by atoms with van der Waals surface area (Å²) in [6.07, 6.45) is 0. The second kappa shape index (κ2) is 8.16. The molecule has 4 heterocycles. The van der Waals surface area contributed by atoms with Gasteiger partial charge in [-0.3, -0.25) is 0 Å². The molecule has 0 aliphatic carbocycles. The SMILES string of the molecule is Cc1cc(Nc2cc(N3CCN(C)CC3)nc(Oc3ccc4[nH]c(C)cc4c3)n2)sn1. The van der Waals surface area contributed by atoms with E-state index in [0.29, 0.717) is 17.6 Å². The van der Waals surface area contributed by atoms with Crippen LogP contribution in [0.5, 0.6) is 11.8 Å². The van der Waals surface area contributed by atoms with Gasteiger partial charge >= 0.3 is 6.01 Å². The first-order valence-electron chi connectivity index (χ1n) is 10.3. The zero-order valence-corrected chi connectivity index (χ0v) is 18.7. The van der Waals surface area contributed by atoms with E-state index in [1.807, 2.05) is 44.2 Å². The lowest BCUT2D eigenvalue weighted by Gasteiger charge is -2.33. The number of hydrogen-bond donors (Lipinski definition) is 2. The van der Waals surface area contributed by atoms with E-state index in [1.54, 1.807) is 0 Å². The van der Waals surface area contributed by atoms with E-state index < -0.39 is 0 Å². The van der Waals surface area contributed by atoms with E-state index in [9.17, 15) is 0 Å². The molecule has 3 aromatic heterocycles. The third-order valence-corrected chi connectivity index (χ3v) is 6.13. The van der Waals surface area contributed by atoms with Gasteiger partial charge in [-0.15, -0.1) is 0 Å². The highest BCUT2D eigenvalue weighted by Crippen LogP contribution is 2.29. The van der Waals surface area contributed by atoms with E-state index in [0.717, 1.165) is 59.3 Å². The largest absolute Gasteiger partial charge is 0.424 e. The summed E-state index contributed by atoms with van der Waals surface area (Å²) < 4.78 is 10.4. The molecule has 0 radical (unpaired) electrons. The summed E-state index contributed by atoms with van der Waals surface area (Å²) in [5.41, 5.74) is 3.18. The Bertz CT molecular complexity index is 1210. The first-order chi connectivity index (χ1) is 15.0. The Kier molecular flexibility index (Phi) is 5.21. The quantitative estimate of drug-likeness (QED) is 0.483. The van der Waals surface area contributed by atoms with Crippen molar-refractivity contribution < 1.29 is 4.74 Å². The summed E-state index contributed by atoms with van der Waals surface area (Å²) in [5.74, 6) is 2.27. The summed E-state index contributed by atoms with van der Waals surface area (Å²) in [6, 6.07) is 12.4. The number of piperazine rings is 1. The van der Waals surface area contributed by atoms with Crippen LogP contribution >= 0.6 is 11.5 Å². The van der Waals surface area contributed by atoms with Gasteiger partial charge < -0.3 is 24.8 Å². The number of ether oxygens (including phenoxy) is 1. The van der Waals surface area contributed by atoms with Crippen LogP contribution in [0.1, 0.15) is 11.4 Å². The second-order valence-electron chi connectivity index (χ2n) is 7.95. The third-order valence-electron chi connectivity index (χ3n) is 5.33. The highest BCUT2D eigenvalue weighted by Gasteiger charge is 2.18. The molecule has 0 bridgehead atoms. The summed E-state index contributed by atoms with van der Waals surface area (Å²) in [5, 5.41) is 5.40. The Morgan fingerprint density at radius 3 is 2.65 bits per heavy atom. The molecule has 0 amide bonds. The number of likely N-dealkylation sites (N-methyl/N-ethyl adjacent to an activating group) is 1. The van der Waals surface area contributed by atoms with Gasteiger partial charge in [0.2, 0.25) is 0 Å². The van der Waals surface area contributed by atoms with E-state index in [4.69, 9.17) is 9.72 Å². The van der Waals surface area contributed by atoms with Crippen molar-refractivity contribution in [3.05, 3.63) is 47.8 Å². The highest BCUT2D eigenvalue weighted by atomic mass is 32.1. The van der Waals surface area contributed by atoms with Crippen molar-refractivity contribution in [2.75, 3.05) is 43.4 Å². The standard InChI is InChI=1S/C22H25N7OS/c1-14-10-16-12-17(4-5-18(16)23-14)30-22-25-19(24-21-11-15(2)27-31-21)13-20(26-22)29-8-6-28(3)7-9-29/h4-5,10-13,23H,6-9H2,1-3H3,(H,24,25,26). The number of aromatic nitrogens is 4. The number of H-pyrrole nitrogens is 1. The maximum atomic E-state index is 6.11. The van der Waals surface area contributed by atoms with Gasteiger partial charge in [0.1, 0.15) is 22.4 Å². The van der Waals surface area contributed by atoms with Crippen molar-refractivity contribution in [2.24, 2.45) is 0 Å². The number of anilines is 3. The van der Waals surface area contributed by atoms with E-state index in [1.165, 1.54) is 11.5 Å². The highest BCUT2D eigenvalue weighted by molar-refractivity contribution is 7.10. The van der Waals surface area contributed by atoms with E-state index >= 15 is 0 Å². The normalized spacial score (nSPS) is 14.9. The molecule has 1 aromatic carbocycles. The van der Waals surface area contributed by atoms with Gasteiger partial charge in [-0.2, -0.15) is 14.3 Å². The summed E-state index contributed by atoms with van der Waals surface area (Å²) in [7, 11) is 2.14. The zero-order chi connectivity index (χ0) is 21.4. The Morgan fingerprint density at radius 2 is 1.87 bits per heavy atom. The number of aryl methyl sites for hydroxylation is 2.